The van der Waals surface area contributed by atoms with Gasteiger partial charge >= 0.3 is 0 Å². The minimum absolute atomic E-state index is 0.207. The zero-order chi connectivity index (χ0) is 15.4. The van der Waals surface area contributed by atoms with Crippen molar-refractivity contribution in [3.8, 4) is 17.3 Å². The van der Waals surface area contributed by atoms with Gasteiger partial charge in [0, 0.05) is 24.0 Å². The topological polar surface area (TPSA) is 71.6 Å². The van der Waals surface area contributed by atoms with Gasteiger partial charge in [-0.2, -0.15) is 15.5 Å². The zero-order valence-corrected chi connectivity index (χ0v) is 12.6. The van der Waals surface area contributed by atoms with Crippen LogP contribution >= 0.6 is 0 Å². The molecule has 5 nitrogen and oxygen atoms in total. The molecule has 0 saturated heterocycles. The van der Waals surface area contributed by atoms with Crippen LogP contribution in [0.15, 0.2) is 23.1 Å². The zero-order valence-electron chi connectivity index (χ0n) is 12.6. The van der Waals surface area contributed by atoms with Crippen LogP contribution in [-0.4, -0.2) is 14.8 Å². The molecule has 0 unspecified atom stereocenters. The Labute approximate surface area is 123 Å². The molecule has 0 aliphatic heterocycles. The molecule has 0 aromatic carbocycles. The first kappa shape index (κ1) is 14.9. The molecule has 21 heavy (non-hydrogen) atoms. The lowest BCUT2D eigenvalue weighted by Crippen LogP contribution is -2.28. The average Bonchev–Trinajstić information content (AvgIpc) is 2.54. The van der Waals surface area contributed by atoms with Gasteiger partial charge in [0.1, 0.15) is 11.6 Å². The third-order valence-corrected chi connectivity index (χ3v) is 3.62. The molecule has 2 aromatic rings. The maximum Gasteiger partial charge on any atom is 0.268 e. The largest absolute Gasteiger partial charge is 0.311 e. The van der Waals surface area contributed by atoms with Crippen LogP contribution in [0.1, 0.15) is 37.6 Å². The number of nitriles is 1. The number of hydrogen-bond acceptors (Lipinski definition) is 4. The molecule has 0 bridgehead atoms. The highest BCUT2D eigenvalue weighted by Gasteiger charge is 2.21. The van der Waals surface area contributed by atoms with Crippen molar-refractivity contribution in [3.63, 3.8) is 0 Å². The van der Waals surface area contributed by atoms with Crippen LogP contribution in [0.4, 0.5) is 0 Å². The summed E-state index contributed by atoms with van der Waals surface area (Å²) in [7, 11) is 0. The lowest BCUT2D eigenvalue weighted by molar-refractivity contribution is 0.676. The molecule has 0 amide bonds. The fourth-order valence-corrected chi connectivity index (χ4v) is 2.73. The summed E-state index contributed by atoms with van der Waals surface area (Å²) in [6.07, 6.45) is 2.93. The highest BCUT2D eigenvalue weighted by Crippen LogP contribution is 2.27. The van der Waals surface area contributed by atoms with E-state index in [9.17, 15) is 10.1 Å². The van der Waals surface area contributed by atoms with Crippen LogP contribution in [0.3, 0.4) is 0 Å². The van der Waals surface area contributed by atoms with E-state index in [1.165, 1.54) is 0 Å². The Morgan fingerprint density at radius 3 is 2.52 bits per heavy atom. The molecule has 2 aromatic heterocycles. The van der Waals surface area contributed by atoms with Crippen LogP contribution in [0.2, 0.25) is 0 Å². The molecule has 2 rings (SSSR count). The molecule has 2 heterocycles. The summed E-state index contributed by atoms with van der Waals surface area (Å²) in [5.74, 6) is 0. The Morgan fingerprint density at radius 1 is 1.29 bits per heavy atom. The van der Waals surface area contributed by atoms with Gasteiger partial charge in [-0.3, -0.25) is 4.79 Å². The van der Waals surface area contributed by atoms with Crippen LogP contribution in [-0.2, 0) is 19.4 Å². The highest BCUT2D eigenvalue weighted by molar-refractivity contribution is 5.69. The monoisotopic (exact) mass is 282 g/mol. The van der Waals surface area contributed by atoms with Gasteiger partial charge in [-0.15, -0.1) is 0 Å². The van der Waals surface area contributed by atoms with Gasteiger partial charge in [0.05, 0.1) is 5.69 Å². The number of hydrogen-bond donors (Lipinski definition) is 0. The fourth-order valence-electron chi connectivity index (χ4n) is 2.73. The van der Waals surface area contributed by atoms with Crippen molar-refractivity contribution in [1.82, 2.24) is 14.8 Å². The maximum absolute atomic E-state index is 12.5. The lowest BCUT2D eigenvalue weighted by atomic mass is 9.95. The molecule has 0 radical (unpaired) electrons. The summed E-state index contributed by atoms with van der Waals surface area (Å²) < 4.78 is 1.67. The first-order valence-electron chi connectivity index (χ1n) is 7.16. The Morgan fingerprint density at radius 2 is 2.05 bits per heavy atom. The number of aromatic nitrogens is 3. The molecule has 0 atom stereocenters. The lowest BCUT2D eigenvalue weighted by Gasteiger charge is -2.19. The second kappa shape index (κ2) is 6.31. The molecule has 0 aliphatic carbocycles. The Balaban J connectivity index is 2.97. The van der Waals surface area contributed by atoms with Gasteiger partial charge in [0.15, 0.2) is 0 Å². The van der Waals surface area contributed by atoms with E-state index < -0.39 is 0 Å². The second-order valence-electron chi connectivity index (χ2n) is 4.65. The summed E-state index contributed by atoms with van der Waals surface area (Å²) >= 11 is 0. The summed E-state index contributed by atoms with van der Waals surface area (Å²) in [4.78, 5) is 12.5. The van der Waals surface area contributed by atoms with E-state index in [1.807, 2.05) is 32.9 Å². The molecular weight excluding hydrogens is 264 g/mol. The average molecular weight is 282 g/mol. The Hall–Kier alpha value is -2.48. The molecule has 5 heteroatoms. The van der Waals surface area contributed by atoms with E-state index in [4.69, 9.17) is 0 Å². The van der Waals surface area contributed by atoms with E-state index in [1.54, 1.807) is 10.8 Å². The first-order valence-corrected chi connectivity index (χ1v) is 7.16. The normalized spacial score (nSPS) is 10.4. The molecule has 0 fully saturated rings. The molecule has 0 aliphatic rings. The quantitative estimate of drug-likeness (QED) is 0.862. The van der Waals surface area contributed by atoms with Crippen molar-refractivity contribution in [2.24, 2.45) is 0 Å². The van der Waals surface area contributed by atoms with E-state index >= 15 is 0 Å². The van der Waals surface area contributed by atoms with Gasteiger partial charge in [-0.25, -0.2) is 0 Å². The maximum atomic E-state index is 12.5. The predicted molar refractivity (Wildman–Crippen MR) is 80.9 cm³/mol. The Kier molecular flexibility index (Phi) is 4.49. The summed E-state index contributed by atoms with van der Waals surface area (Å²) in [5.41, 5.74) is 3.29. The van der Waals surface area contributed by atoms with Gasteiger partial charge in [-0.1, -0.05) is 13.8 Å². The number of nitrogens with zero attached hydrogens (tertiary/aromatic N) is 4. The van der Waals surface area contributed by atoms with Crippen molar-refractivity contribution in [2.45, 2.75) is 40.2 Å². The van der Waals surface area contributed by atoms with Crippen LogP contribution < -0.4 is 5.56 Å². The second-order valence-corrected chi connectivity index (χ2v) is 4.65. The number of pyridine rings is 1. The Bertz CT molecular complexity index is 742. The van der Waals surface area contributed by atoms with E-state index in [0.717, 1.165) is 16.8 Å². The summed E-state index contributed by atoms with van der Waals surface area (Å²) in [6, 6.07) is 5.75. The van der Waals surface area contributed by atoms with Crippen molar-refractivity contribution in [2.75, 3.05) is 0 Å². The molecule has 108 valence electrons. The summed E-state index contributed by atoms with van der Waals surface area (Å²) in [6.45, 7) is 6.40. The minimum atomic E-state index is -0.207. The van der Waals surface area contributed by atoms with Gasteiger partial charge < -0.3 is 4.57 Å². The van der Waals surface area contributed by atoms with Crippen molar-refractivity contribution >= 4 is 0 Å². The molecule has 0 spiro atoms. The van der Waals surface area contributed by atoms with Crippen molar-refractivity contribution in [3.05, 3.63) is 45.5 Å². The van der Waals surface area contributed by atoms with E-state index in [0.29, 0.717) is 25.1 Å². The van der Waals surface area contributed by atoms with Crippen molar-refractivity contribution in [1.29, 1.82) is 5.26 Å². The van der Waals surface area contributed by atoms with Gasteiger partial charge in [0.25, 0.3) is 5.56 Å². The molecule has 0 saturated carbocycles. The van der Waals surface area contributed by atoms with Crippen LogP contribution in [0, 0.1) is 11.3 Å². The third kappa shape index (κ3) is 2.45. The molecular formula is C16H18N4O. The van der Waals surface area contributed by atoms with Crippen LogP contribution in [0.25, 0.3) is 11.3 Å². The first-order chi connectivity index (χ1) is 10.2. The highest BCUT2D eigenvalue weighted by atomic mass is 16.1. The summed E-state index contributed by atoms with van der Waals surface area (Å²) in [5, 5.41) is 17.5. The molecule has 0 N–H and O–H groups in total. The SMILES string of the molecule is CCc1c(-c2cccnn2)c(CC)n(CC)c(=O)c1C#N. The van der Waals surface area contributed by atoms with E-state index in [-0.39, 0.29) is 11.1 Å². The van der Waals surface area contributed by atoms with Gasteiger partial charge in [-0.05, 0) is 37.5 Å². The minimum Gasteiger partial charge on any atom is -0.311 e. The third-order valence-electron chi connectivity index (χ3n) is 3.62. The van der Waals surface area contributed by atoms with E-state index in [2.05, 4.69) is 16.3 Å². The van der Waals surface area contributed by atoms with Crippen molar-refractivity contribution < 1.29 is 0 Å². The number of rotatable bonds is 4. The standard InChI is InChI=1S/C16H18N4O/c1-4-11-12(10-17)16(21)20(6-3)14(5-2)15(11)13-8-7-9-18-19-13/h7-9H,4-6H2,1-3H3. The smallest absolute Gasteiger partial charge is 0.268 e. The van der Waals surface area contributed by atoms with Crippen LogP contribution in [0.5, 0.6) is 0 Å². The predicted octanol–water partition coefficient (Wildman–Crippen LogP) is 2.32. The fraction of sp³-hybridized carbons (Fsp3) is 0.375. The van der Waals surface area contributed by atoms with Gasteiger partial charge in [0.2, 0.25) is 0 Å².